The van der Waals surface area contributed by atoms with Gasteiger partial charge >= 0.3 is 6.18 Å². The van der Waals surface area contributed by atoms with Crippen molar-refractivity contribution in [3.8, 4) is 11.1 Å². The molecule has 0 radical (unpaired) electrons. The molecule has 0 saturated carbocycles. The summed E-state index contributed by atoms with van der Waals surface area (Å²) in [6.45, 7) is 1.86. The van der Waals surface area contributed by atoms with Gasteiger partial charge in [0.2, 0.25) is 0 Å². The van der Waals surface area contributed by atoms with Crippen LogP contribution in [-0.4, -0.2) is 0 Å². The second-order valence-electron chi connectivity index (χ2n) is 4.49. The third-order valence-corrected chi connectivity index (χ3v) is 2.96. The van der Waals surface area contributed by atoms with E-state index in [1.54, 1.807) is 18.2 Å². The molecule has 1 atom stereocenters. The van der Waals surface area contributed by atoms with Crippen LogP contribution in [-0.2, 0) is 6.18 Å². The zero-order chi connectivity index (χ0) is 14.0. The molecule has 0 heterocycles. The highest BCUT2D eigenvalue weighted by Crippen LogP contribution is 2.32. The van der Waals surface area contributed by atoms with Crippen molar-refractivity contribution in [3.63, 3.8) is 0 Å². The van der Waals surface area contributed by atoms with Crippen molar-refractivity contribution in [2.75, 3.05) is 0 Å². The van der Waals surface area contributed by atoms with Crippen molar-refractivity contribution in [2.45, 2.75) is 19.1 Å². The first-order chi connectivity index (χ1) is 8.88. The van der Waals surface area contributed by atoms with E-state index >= 15 is 0 Å². The van der Waals surface area contributed by atoms with E-state index in [1.807, 2.05) is 19.1 Å². The molecule has 1 unspecified atom stereocenters. The number of hydrogen-bond acceptors (Lipinski definition) is 1. The number of alkyl halides is 3. The van der Waals surface area contributed by atoms with E-state index in [2.05, 4.69) is 0 Å². The smallest absolute Gasteiger partial charge is 0.324 e. The first kappa shape index (κ1) is 16.5. The summed E-state index contributed by atoms with van der Waals surface area (Å²) in [5, 5.41) is 0. The maximum Gasteiger partial charge on any atom is 0.416 e. The van der Waals surface area contributed by atoms with Gasteiger partial charge in [0, 0.05) is 6.04 Å². The first-order valence-corrected chi connectivity index (χ1v) is 5.91. The quantitative estimate of drug-likeness (QED) is 0.846. The molecule has 0 saturated heterocycles. The third-order valence-electron chi connectivity index (χ3n) is 2.96. The van der Waals surface area contributed by atoms with E-state index in [4.69, 9.17) is 5.73 Å². The van der Waals surface area contributed by atoms with Gasteiger partial charge in [0.1, 0.15) is 0 Å². The molecular formula is C15H15ClF3N. The summed E-state index contributed by atoms with van der Waals surface area (Å²) in [4.78, 5) is 0. The molecular weight excluding hydrogens is 287 g/mol. The van der Waals surface area contributed by atoms with Gasteiger partial charge in [0.05, 0.1) is 5.56 Å². The number of rotatable bonds is 2. The Balaban J connectivity index is 0.00000200. The van der Waals surface area contributed by atoms with Crippen molar-refractivity contribution in [2.24, 2.45) is 5.73 Å². The Morgan fingerprint density at radius 1 is 0.950 bits per heavy atom. The highest BCUT2D eigenvalue weighted by Gasteiger charge is 2.30. The molecule has 0 fully saturated rings. The molecule has 2 aromatic rings. The van der Waals surface area contributed by atoms with Crippen LogP contribution in [0.5, 0.6) is 0 Å². The van der Waals surface area contributed by atoms with Crippen LogP contribution >= 0.6 is 12.4 Å². The molecule has 0 aliphatic heterocycles. The van der Waals surface area contributed by atoms with E-state index in [9.17, 15) is 13.2 Å². The zero-order valence-corrected chi connectivity index (χ0v) is 11.6. The van der Waals surface area contributed by atoms with E-state index in [1.165, 1.54) is 6.07 Å². The molecule has 0 aliphatic carbocycles. The van der Waals surface area contributed by atoms with Gasteiger partial charge in [0.25, 0.3) is 0 Å². The highest BCUT2D eigenvalue weighted by atomic mass is 35.5. The Morgan fingerprint density at radius 3 is 2.05 bits per heavy atom. The van der Waals surface area contributed by atoms with Gasteiger partial charge in [-0.1, -0.05) is 36.4 Å². The topological polar surface area (TPSA) is 26.0 Å². The Morgan fingerprint density at radius 2 is 1.55 bits per heavy atom. The molecule has 0 aliphatic rings. The molecule has 5 heteroatoms. The Labute approximate surface area is 122 Å². The molecule has 2 aromatic carbocycles. The summed E-state index contributed by atoms with van der Waals surface area (Å²) in [6.07, 6.45) is -4.32. The average Bonchev–Trinajstić information content (AvgIpc) is 2.38. The van der Waals surface area contributed by atoms with Crippen LogP contribution in [0.1, 0.15) is 24.1 Å². The van der Waals surface area contributed by atoms with Gasteiger partial charge in [-0.05, 0) is 35.7 Å². The lowest BCUT2D eigenvalue weighted by Crippen LogP contribution is -2.05. The van der Waals surface area contributed by atoms with E-state index in [0.717, 1.165) is 23.3 Å². The van der Waals surface area contributed by atoms with Crippen molar-refractivity contribution in [3.05, 3.63) is 59.7 Å². The standard InChI is InChI=1S/C15H14F3N.ClH/c1-10(19)11-5-7-12(8-6-11)13-3-2-4-14(9-13)15(16,17)18;/h2-10H,19H2,1H3;1H. The third kappa shape index (κ3) is 3.74. The van der Waals surface area contributed by atoms with Gasteiger partial charge in [-0.2, -0.15) is 13.2 Å². The van der Waals surface area contributed by atoms with E-state index in [-0.39, 0.29) is 18.4 Å². The predicted molar refractivity (Wildman–Crippen MR) is 76.7 cm³/mol. The largest absolute Gasteiger partial charge is 0.416 e. The SMILES string of the molecule is CC(N)c1ccc(-c2cccc(C(F)(F)F)c2)cc1.Cl. The van der Waals surface area contributed by atoms with Crippen molar-refractivity contribution in [1.29, 1.82) is 0 Å². The second kappa shape index (κ2) is 6.29. The van der Waals surface area contributed by atoms with Crippen LogP contribution < -0.4 is 5.73 Å². The Hall–Kier alpha value is -1.52. The van der Waals surface area contributed by atoms with Crippen LogP contribution in [0.2, 0.25) is 0 Å². The average molecular weight is 302 g/mol. The molecule has 0 bridgehead atoms. The van der Waals surface area contributed by atoms with Gasteiger partial charge in [-0.15, -0.1) is 12.4 Å². The van der Waals surface area contributed by atoms with Crippen LogP contribution in [0.3, 0.4) is 0 Å². The number of nitrogens with two attached hydrogens (primary N) is 1. The van der Waals surface area contributed by atoms with E-state index in [0.29, 0.717) is 5.56 Å². The molecule has 20 heavy (non-hydrogen) atoms. The van der Waals surface area contributed by atoms with Gasteiger partial charge < -0.3 is 5.73 Å². The minimum Gasteiger partial charge on any atom is -0.324 e. The molecule has 2 N–H and O–H groups in total. The summed E-state index contributed by atoms with van der Waals surface area (Å²) in [5.41, 5.74) is 7.34. The molecule has 108 valence electrons. The number of hydrogen-bond donors (Lipinski definition) is 1. The lowest BCUT2D eigenvalue weighted by Gasteiger charge is -2.10. The van der Waals surface area contributed by atoms with E-state index < -0.39 is 11.7 Å². The second-order valence-corrected chi connectivity index (χ2v) is 4.49. The predicted octanol–water partition coefficient (Wildman–Crippen LogP) is 4.81. The Bertz CT molecular complexity index is 562. The van der Waals surface area contributed by atoms with Crippen molar-refractivity contribution < 1.29 is 13.2 Å². The zero-order valence-electron chi connectivity index (χ0n) is 10.8. The van der Waals surface area contributed by atoms with Gasteiger partial charge in [-0.3, -0.25) is 0 Å². The van der Waals surface area contributed by atoms with Crippen LogP contribution in [0.25, 0.3) is 11.1 Å². The summed E-state index contributed by atoms with van der Waals surface area (Å²) in [6, 6.07) is 12.5. The van der Waals surface area contributed by atoms with Crippen LogP contribution in [0.15, 0.2) is 48.5 Å². The highest BCUT2D eigenvalue weighted by molar-refractivity contribution is 5.85. The molecule has 2 rings (SSSR count). The van der Waals surface area contributed by atoms with Crippen LogP contribution in [0, 0.1) is 0 Å². The Kier molecular flexibility index (Phi) is 5.20. The fraction of sp³-hybridized carbons (Fsp3) is 0.200. The summed E-state index contributed by atoms with van der Waals surface area (Å²) < 4.78 is 37.9. The van der Waals surface area contributed by atoms with Gasteiger partial charge in [-0.25, -0.2) is 0 Å². The molecule has 1 nitrogen and oxygen atoms in total. The van der Waals surface area contributed by atoms with Crippen molar-refractivity contribution in [1.82, 2.24) is 0 Å². The summed E-state index contributed by atoms with van der Waals surface area (Å²) in [7, 11) is 0. The van der Waals surface area contributed by atoms with Crippen LogP contribution in [0.4, 0.5) is 13.2 Å². The minimum absolute atomic E-state index is 0. The number of halogens is 4. The fourth-order valence-corrected chi connectivity index (χ4v) is 1.85. The monoisotopic (exact) mass is 301 g/mol. The normalized spacial score (nSPS) is 12.7. The first-order valence-electron chi connectivity index (χ1n) is 5.91. The van der Waals surface area contributed by atoms with Crippen molar-refractivity contribution >= 4 is 12.4 Å². The fourth-order valence-electron chi connectivity index (χ4n) is 1.85. The lowest BCUT2D eigenvalue weighted by molar-refractivity contribution is -0.137. The van der Waals surface area contributed by atoms with Gasteiger partial charge in [0.15, 0.2) is 0 Å². The maximum atomic E-state index is 12.6. The summed E-state index contributed by atoms with van der Waals surface area (Å²) >= 11 is 0. The lowest BCUT2D eigenvalue weighted by atomic mass is 10.00. The molecule has 0 aromatic heterocycles. The maximum absolute atomic E-state index is 12.6. The minimum atomic E-state index is -4.32. The summed E-state index contributed by atoms with van der Waals surface area (Å²) in [5.74, 6) is 0. The molecule has 0 amide bonds. The number of benzene rings is 2. The molecule has 0 spiro atoms.